The summed E-state index contributed by atoms with van der Waals surface area (Å²) in [5.41, 5.74) is 5.52. The van der Waals surface area contributed by atoms with Crippen LogP contribution in [0.15, 0.2) is 40.5 Å². The Labute approximate surface area is 150 Å². The number of ether oxygens (including phenoxy) is 2. The zero-order valence-electron chi connectivity index (χ0n) is 13.3. The van der Waals surface area contributed by atoms with E-state index in [0.29, 0.717) is 5.56 Å². The molecule has 1 aromatic heterocycles. The van der Waals surface area contributed by atoms with Gasteiger partial charge in [0.2, 0.25) is 11.8 Å². The van der Waals surface area contributed by atoms with Crippen molar-refractivity contribution in [2.24, 2.45) is 5.73 Å². The summed E-state index contributed by atoms with van der Waals surface area (Å²) in [7, 11) is 1.16. The van der Waals surface area contributed by atoms with E-state index in [2.05, 4.69) is 9.97 Å². The van der Waals surface area contributed by atoms with E-state index in [-0.39, 0.29) is 33.4 Å². The molecular formula is C15H12N4O6S. The van der Waals surface area contributed by atoms with Crippen LogP contribution in [-0.4, -0.2) is 28.0 Å². The molecule has 10 nitrogen and oxygen atoms in total. The lowest BCUT2D eigenvalue weighted by Gasteiger charge is -2.26. The number of carbonyl (C=O) groups excluding carboxylic acids is 1. The van der Waals surface area contributed by atoms with Gasteiger partial charge in [0.1, 0.15) is 5.57 Å². The van der Waals surface area contributed by atoms with Gasteiger partial charge in [0, 0.05) is 12.1 Å². The lowest BCUT2D eigenvalue weighted by atomic mass is 9.84. The lowest BCUT2D eigenvalue weighted by Crippen LogP contribution is -2.32. The first kappa shape index (κ1) is 17.4. The fraction of sp³-hybridized carbons (Fsp3) is 0.133. The van der Waals surface area contributed by atoms with Crippen LogP contribution in [0.3, 0.4) is 0 Å². The molecule has 0 saturated heterocycles. The summed E-state index contributed by atoms with van der Waals surface area (Å²) in [6.07, 6.45) is 0. The van der Waals surface area contributed by atoms with E-state index in [9.17, 15) is 19.7 Å². The quantitative estimate of drug-likeness (QED) is 0.313. The highest BCUT2D eigenvalue weighted by Gasteiger charge is 2.38. The van der Waals surface area contributed by atoms with Gasteiger partial charge in [-0.3, -0.25) is 19.9 Å². The smallest absolute Gasteiger partial charge is 0.340 e. The second-order valence-electron chi connectivity index (χ2n) is 5.30. The Bertz CT molecular complexity index is 1050. The fourth-order valence-electron chi connectivity index (χ4n) is 2.72. The van der Waals surface area contributed by atoms with Crippen LogP contribution in [0.4, 0.5) is 5.69 Å². The molecule has 1 aliphatic rings. The van der Waals surface area contributed by atoms with Crippen molar-refractivity contribution < 1.29 is 19.2 Å². The average Bonchev–Trinajstić information content (AvgIpc) is 2.59. The molecule has 3 rings (SSSR count). The van der Waals surface area contributed by atoms with Crippen LogP contribution in [0.2, 0.25) is 0 Å². The van der Waals surface area contributed by atoms with Crippen molar-refractivity contribution in [1.82, 2.24) is 9.97 Å². The molecule has 0 fully saturated rings. The number of aromatic amines is 2. The number of nitro benzene ring substituents is 1. The Morgan fingerprint density at radius 2 is 2.00 bits per heavy atom. The summed E-state index contributed by atoms with van der Waals surface area (Å²) >= 11 is 4.91. The second kappa shape index (κ2) is 6.44. The Morgan fingerprint density at radius 1 is 1.35 bits per heavy atom. The minimum Gasteiger partial charge on any atom is -0.465 e. The maximum Gasteiger partial charge on any atom is 0.340 e. The van der Waals surface area contributed by atoms with E-state index in [0.717, 1.165) is 7.11 Å². The van der Waals surface area contributed by atoms with Crippen LogP contribution in [0.1, 0.15) is 17.0 Å². The molecule has 134 valence electrons. The summed E-state index contributed by atoms with van der Waals surface area (Å²) in [6.45, 7) is 0. The summed E-state index contributed by atoms with van der Waals surface area (Å²) in [5, 5.41) is 10.9. The number of nitro groups is 1. The molecule has 0 saturated carbocycles. The number of esters is 1. The van der Waals surface area contributed by atoms with Gasteiger partial charge in [0.25, 0.3) is 11.2 Å². The molecule has 11 heteroatoms. The third kappa shape index (κ3) is 2.84. The topological polar surface area (TPSA) is 153 Å². The number of non-ortho nitro benzene ring substituents is 1. The van der Waals surface area contributed by atoms with E-state index in [1.807, 2.05) is 0 Å². The molecule has 0 spiro atoms. The molecule has 1 unspecified atom stereocenters. The summed E-state index contributed by atoms with van der Waals surface area (Å²) < 4.78 is 10.1. The van der Waals surface area contributed by atoms with Crippen molar-refractivity contribution in [3.05, 3.63) is 72.1 Å². The molecule has 2 aromatic rings. The number of hydrogen-bond acceptors (Lipinski definition) is 8. The number of benzene rings is 1. The number of nitrogens with two attached hydrogens (primary N) is 1. The molecule has 1 atom stereocenters. The SMILES string of the molecule is COC(=O)C1=C(N)Oc2[nH]c(=S)[nH]c(=O)c2C1c1ccc([N+](=O)[O-])cc1. The largest absolute Gasteiger partial charge is 0.465 e. The molecule has 0 amide bonds. The molecule has 4 N–H and O–H groups in total. The third-order valence-corrected chi connectivity index (χ3v) is 4.04. The Kier molecular flexibility index (Phi) is 4.30. The maximum atomic E-state index is 12.5. The number of nitrogens with zero attached hydrogens (tertiary/aromatic N) is 1. The highest BCUT2D eigenvalue weighted by molar-refractivity contribution is 7.71. The van der Waals surface area contributed by atoms with E-state index in [4.69, 9.17) is 27.4 Å². The number of fused-ring (bicyclic) bond motifs is 1. The predicted octanol–water partition coefficient (Wildman–Crippen LogP) is 1.21. The fourth-order valence-corrected chi connectivity index (χ4v) is 2.91. The van der Waals surface area contributed by atoms with E-state index < -0.39 is 22.4 Å². The van der Waals surface area contributed by atoms with Gasteiger partial charge in [-0.2, -0.15) is 0 Å². The Hall–Kier alpha value is -3.47. The molecule has 0 radical (unpaired) electrons. The van der Waals surface area contributed by atoms with Crippen LogP contribution < -0.4 is 16.0 Å². The van der Waals surface area contributed by atoms with Crippen LogP contribution in [0, 0.1) is 14.9 Å². The van der Waals surface area contributed by atoms with Crippen LogP contribution in [-0.2, 0) is 9.53 Å². The summed E-state index contributed by atoms with van der Waals surface area (Å²) in [6, 6.07) is 5.37. The number of aromatic nitrogens is 2. The zero-order chi connectivity index (χ0) is 19.0. The van der Waals surface area contributed by atoms with Gasteiger partial charge >= 0.3 is 5.97 Å². The van der Waals surface area contributed by atoms with Gasteiger partial charge in [-0.05, 0) is 17.8 Å². The average molecular weight is 376 g/mol. The normalized spacial score (nSPS) is 15.8. The highest BCUT2D eigenvalue weighted by Crippen LogP contribution is 2.39. The number of hydrogen-bond donors (Lipinski definition) is 3. The first-order valence-electron chi connectivity index (χ1n) is 7.20. The van der Waals surface area contributed by atoms with Crippen molar-refractivity contribution in [1.29, 1.82) is 0 Å². The van der Waals surface area contributed by atoms with Crippen molar-refractivity contribution in [2.75, 3.05) is 7.11 Å². The molecule has 0 aliphatic carbocycles. The van der Waals surface area contributed by atoms with Crippen molar-refractivity contribution >= 4 is 23.9 Å². The Morgan fingerprint density at radius 3 is 2.58 bits per heavy atom. The lowest BCUT2D eigenvalue weighted by molar-refractivity contribution is -0.384. The van der Waals surface area contributed by atoms with Crippen LogP contribution >= 0.6 is 12.2 Å². The standard InChI is InChI=1S/C15H12N4O6S/c1-24-14(21)9-8(6-2-4-7(5-3-6)19(22)23)10-12(20)17-15(26)18-13(10)25-11(9)16/h2-5,8H,16H2,1H3,(H2,17,18,20,26). The van der Waals surface area contributed by atoms with E-state index in [1.165, 1.54) is 24.3 Å². The molecule has 1 aromatic carbocycles. The van der Waals surface area contributed by atoms with E-state index >= 15 is 0 Å². The second-order valence-corrected chi connectivity index (χ2v) is 5.71. The van der Waals surface area contributed by atoms with Gasteiger partial charge in [0.05, 0.1) is 23.5 Å². The van der Waals surface area contributed by atoms with Crippen molar-refractivity contribution in [3.8, 4) is 5.88 Å². The zero-order valence-corrected chi connectivity index (χ0v) is 14.1. The Balaban J connectivity index is 2.27. The monoisotopic (exact) mass is 376 g/mol. The number of methoxy groups -OCH3 is 1. The first-order valence-corrected chi connectivity index (χ1v) is 7.61. The molecule has 2 heterocycles. The molecule has 26 heavy (non-hydrogen) atoms. The van der Waals surface area contributed by atoms with Gasteiger partial charge < -0.3 is 20.2 Å². The number of H-pyrrole nitrogens is 2. The summed E-state index contributed by atoms with van der Waals surface area (Å²) in [4.78, 5) is 40.1. The van der Waals surface area contributed by atoms with Crippen molar-refractivity contribution in [2.45, 2.75) is 5.92 Å². The summed E-state index contributed by atoms with van der Waals surface area (Å²) in [5.74, 6) is -2.02. The predicted molar refractivity (Wildman–Crippen MR) is 91.0 cm³/mol. The first-order chi connectivity index (χ1) is 12.3. The number of rotatable bonds is 3. The van der Waals surface area contributed by atoms with Gasteiger partial charge in [-0.25, -0.2) is 4.79 Å². The van der Waals surface area contributed by atoms with Gasteiger partial charge in [-0.1, -0.05) is 12.1 Å². The number of carbonyl (C=O) groups is 1. The number of nitrogens with one attached hydrogen (secondary N) is 2. The van der Waals surface area contributed by atoms with Gasteiger partial charge in [-0.15, -0.1) is 0 Å². The van der Waals surface area contributed by atoms with Crippen LogP contribution in [0.5, 0.6) is 5.88 Å². The minimum absolute atomic E-state index is 0.00717. The highest BCUT2D eigenvalue weighted by atomic mass is 32.1. The maximum absolute atomic E-state index is 12.5. The van der Waals surface area contributed by atoms with Crippen molar-refractivity contribution in [3.63, 3.8) is 0 Å². The van der Waals surface area contributed by atoms with E-state index in [1.54, 1.807) is 0 Å². The molecular weight excluding hydrogens is 364 g/mol. The third-order valence-electron chi connectivity index (χ3n) is 3.84. The minimum atomic E-state index is -0.956. The molecule has 0 bridgehead atoms. The van der Waals surface area contributed by atoms with Crippen LogP contribution in [0.25, 0.3) is 0 Å². The van der Waals surface area contributed by atoms with Gasteiger partial charge in [0.15, 0.2) is 4.77 Å². The molecule has 1 aliphatic heterocycles.